The number of nitriles is 1. The Balaban J connectivity index is 1.71. The minimum absolute atomic E-state index is 0.0969. The third-order valence-electron chi connectivity index (χ3n) is 6.15. The van der Waals surface area contributed by atoms with Crippen LogP contribution in [0.15, 0.2) is 24.4 Å². The number of aryl methyl sites for hydroxylation is 2. The summed E-state index contributed by atoms with van der Waals surface area (Å²) < 4.78 is 22.2. The fourth-order valence-electron chi connectivity index (χ4n) is 4.74. The van der Waals surface area contributed by atoms with E-state index in [1.54, 1.807) is 20.0 Å². The van der Waals surface area contributed by atoms with E-state index < -0.39 is 11.9 Å². The molecule has 0 saturated carbocycles. The fourth-order valence-corrected chi connectivity index (χ4v) is 4.74. The molecule has 0 unspecified atom stereocenters. The van der Waals surface area contributed by atoms with Crippen LogP contribution >= 0.6 is 0 Å². The van der Waals surface area contributed by atoms with Gasteiger partial charge in [-0.1, -0.05) is 0 Å². The zero-order chi connectivity index (χ0) is 22.9. The van der Waals surface area contributed by atoms with E-state index >= 15 is 0 Å². The fraction of sp³-hybridized carbons (Fsp3) is 0.273. The zero-order valence-electron chi connectivity index (χ0n) is 17.8. The quantitative estimate of drug-likeness (QED) is 0.438. The molecule has 2 aliphatic heterocycles. The van der Waals surface area contributed by atoms with Crippen LogP contribution in [0.3, 0.4) is 0 Å². The van der Waals surface area contributed by atoms with Gasteiger partial charge in [0.1, 0.15) is 23.7 Å². The molecule has 0 radical (unpaired) electrons. The minimum Gasteiger partial charge on any atom is -0.467 e. The number of anilines is 1. The van der Waals surface area contributed by atoms with Crippen molar-refractivity contribution in [3.8, 4) is 34.5 Å². The van der Waals surface area contributed by atoms with E-state index in [9.17, 15) is 9.65 Å². The van der Waals surface area contributed by atoms with Crippen LogP contribution in [0.1, 0.15) is 48.0 Å². The Hall–Kier alpha value is -4.33. The van der Waals surface area contributed by atoms with Crippen molar-refractivity contribution in [3.05, 3.63) is 52.9 Å². The topological polar surface area (TPSA) is 133 Å². The van der Waals surface area contributed by atoms with Crippen molar-refractivity contribution in [2.75, 3.05) is 5.73 Å². The molecule has 11 heteroatoms. The minimum atomic E-state index is -0.613. The highest BCUT2D eigenvalue weighted by molar-refractivity contribution is 5.73. The average Bonchev–Trinajstić information content (AvgIpc) is 3.47. The molecule has 3 aromatic heterocycles. The first-order valence-corrected chi connectivity index (χ1v) is 10.5. The van der Waals surface area contributed by atoms with Gasteiger partial charge in [0.25, 0.3) is 5.88 Å². The molecule has 5 heterocycles. The van der Waals surface area contributed by atoms with Crippen LogP contribution in [-0.4, -0.2) is 34.7 Å². The Kier molecular flexibility index (Phi) is 4.01. The lowest BCUT2D eigenvalue weighted by Crippen LogP contribution is -2.11. The van der Waals surface area contributed by atoms with Gasteiger partial charge in [0.2, 0.25) is 0 Å². The summed E-state index contributed by atoms with van der Waals surface area (Å²) in [6, 6.07) is 6.67. The monoisotopic (exact) mass is 443 g/mol. The maximum atomic E-state index is 14.3. The highest BCUT2D eigenvalue weighted by Crippen LogP contribution is 2.45. The van der Waals surface area contributed by atoms with E-state index in [1.807, 2.05) is 4.68 Å². The molecule has 0 fully saturated rings. The van der Waals surface area contributed by atoms with Gasteiger partial charge in [0.05, 0.1) is 28.8 Å². The zero-order valence-corrected chi connectivity index (χ0v) is 17.8. The number of hydrogen-bond donors (Lipinski definition) is 1. The highest BCUT2D eigenvalue weighted by Gasteiger charge is 2.37. The number of nitrogens with zero attached hydrogens (tertiary/aromatic N) is 8. The second kappa shape index (κ2) is 6.83. The summed E-state index contributed by atoms with van der Waals surface area (Å²) in [4.78, 5) is 10.3. The molecular weight excluding hydrogens is 425 g/mol. The largest absolute Gasteiger partial charge is 0.467 e. The molecule has 0 amide bonds. The Morgan fingerprint density at radius 2 is 2.12 bits per heavy atom. The van der Waals surface area contributed by atoms with E-state index in [0.717, 1.165) is 17.8 Å². The summed E-state index contributed by atoms with van der Waals surface area (Å²) in [5.74, 6) is -0.377. The molecule has 4 aromatic rings. The molecule has 1 aromatic carbocycles. The van der Waals surface area contributed by atoms with Gasteiger partial charge in [0, 0.05) is 30.6 Å². The second-order valence-corrected chi connectivity index (χ2v) is 8.15. The number of aromatic nitrogens is 7. The molecule has 6 rings (SSSR count). The summed E-state index contributed by atoms with van der Waals surface area (Å²) in [6.45, 7) is 2.40. The van der Waals surface area contributed by atoms with Crippen molar-refractivity contribution in [2.24, 2.45) is 7.05 Å². The molecule has 10 nitrogen and oxygen atoms in total. The number of benzene rings is 1. The Morgan fingerprint density at radius 3 is 2.94 bits per heavy atom. The van der Waals surface area contributed by atoms with Crippen LogP contribution in [0.25, 0.3) is 22.5 Å². The first kappa shape index (κ1) is 19.4. The van der Waals surface area contributed by atoms with Crippen molar-refractivity contribution in [3.63, 3.8) is 0 Å². The maximum Gasteiger partial charge on any atom is 0.258 e. The summed E-state index contributed by atoms with van der Waals surface area (Å²) >= 11 is 0. The number of rotatable bonds is 0. The SMILES string of the molecule is C[C@H]1Oc2nc(cnc2N)-c2c(C#N)nn3c2[C@H](CC3)c2nn(C)nc2-c2ccc(F)cc21. The molecule has 0 saturated heterocycles. The predicted molar refractivity (Wildman–Crippen MR) is 114 cm³/mol. The smallest absolute Gasteiger partial charge is 0.258 e. The number of fused-ring (bicyclic) bond motifs is 7. The Bertz CT molecular complexity index is 1480. The predicted octanol–water partition coefficient (Wildman–Crippen LogP) is 2.72. The van der Waals surface area contributed by atoms with E-state index in [-0.39, 0.29) is 23.3 Å². The van der Waals surface area contributed by atoms with Crippen LogP contribution in [0.4, 0.5) is 10.2 Å². The highest BCUT2D eigenvalue weighted by atomic mass is 19.1. The molecule has 33 heavy (non-hydrogen) atoms. The molecule has 2 bridgehead atoms. The Morgan fingerprint density at radius 1 is 1.27 bits per heavy atom. The van der Waals surface area contributed by atoms with Crippen LogP contribution in [0, 0.1) is 17.1 Å². The van der Waals surface area contributed by atoms with Gasteiger partial charge in [-0.05, 0) is 31.5 Å². The second-order valence-electron chi connectivity index (χ2n) is 8.15. The van der Waals surface area contributed by atoms with E-state index in [2.05, 4.69) is 31.3 Å². The number of ether oxygens (including phenoxy) is 1. The van der Waals surface area contributed by atoms with Crippen LogP contribution in [-0.2, 0) is 13.6 Å². The summed E-state index contributed by atoms with van der Waals surface area (Å²) in [5.41, 5.74) is 10.8. The number of nitrogens with two attached hydrogens (primary N) is 1. The molecule has 2 atom stereocenters. The maximum absolute atomic E-state index is 14.3. The molecule has 2 aliphatic rings. The third kappa shape index (κ3) is 2.80. The molecule has 0 spiro atoms. The lowest BCUT2D eigenvalue weighted by atomic mass is 9.90. The third-order valence-corrected chi connectivity index (χ3v) is 6.15. The Labute approximate surface area is 187 Å². The van der Waals surface area contributed by atoms with Crippen molar-refractivity contribution in [1.82, 2.24) is 34.7 Å². The number of hydrogen-bond acceptors (Lipinski definition) is 8. The van der Waals surface area contributed by atoms with E-state index in [4.69, 9.17) is 10.5 Å². The summed E-state index contributed by atoms with van der Waals surface area (Å²) in [7, 11) is 1.75. The van der Waals surface area contributed by atoms with Gasteiger partial charge in [-0.25, -0.2) is 14.4 Å². The number of nitrogen functional groups attached to an aromatic ring is 1. The van der Waals surface area contributed by atoms with E-state index in [1.165, 1.54) is 23.1 Å². The summed E-state index contributed by atoms with van der Waals surface area (Å²) in [6.07, 6.45) is 1.63. The first-order valence-electron chi connectivity index (χ1n) is 10.5. The first-order chi connectivity index (χ1) is 15.9. The molecule has 0 aliphatic carbocycles. The number of halogens is 1. The normalized spacial score (nSPS) is 18.2. The van der Waals surface area contributed by atoms with Crippen LogP contribution in [0.5, 0.6) is 5.88 Å². The van der Waals surface area contributed by atoms with Gasteiger partial charge in [-0.3, -0.25) is 4.68 Å². The van der Waals surface area contributed by atoms with Crippen molar-refractivity contribution in [2.45, 2.75) is 31.9 Å². The summed E-state index contributed by atoms with van der Waals surface area (Å²) in [5, 5.41) is 23.6. The van der Waals surface area contributed by atoms with Gasteiger partial charge >= 0.3 is 0 Å². The van der Waals surface area contributed by atoms with Gasteiger partial charge in [-0.2, -0.15) is 25.4 Å². The van der Waals surface area contributed by atoms with E-state index in [0.29, 0.717) is 34.6 Å². The lowest BCUT2D eigenvalue weighted by molar-refractivity contribution is 0.218. The van der Waals surface area contributed by atoms with Gasteiger partial charge in [-0.15, -0.1) is 0 Å². The van der Waals surface area contributed by atoms with Crippen molar-refractivity contribution < 1.29 is 9.13 Å². The molecular formula is C22H18FN9O. The van der Waals surface area contributed by atoms with Crippen molar-refractivity contribution in [1.29, 1.82) is 5.26 Å². The molecule has 2 N–H and O–H groups in total. The van der Waals surface area contributed by atoms with Gasteiger partial charge < -0.3 is 10.5 Å². The van der Waals surface area contributed by atoms with Gasteiger partial charge in [0.15, 0.2) is 11.5 Å². The lowest BCUT2D eigenvalue weighted by Gasteiger charge is -2.20. The van der Waals surface area contributed by atoms with Crippen molar-refractivity contribution >= 4 is 5.82 Å². The average molecular weight is 443 g/mol. The standard InChI is InChI=1S/C22H18FN9O/c1-10-14-7-11(23)3-4-12(14)18-19(30-31(2)29-18)13-5-6-32-20(13)17(15(8-24)28-32)16-9-26-21(25)22(27-16)33-10/h3-4,7,9-10,13H,5-6H2,1-2H3,(H2,25,26)/t10-,13-/m1/s1. The van der Waals surface area contributed by atoms with Crippen LogP contribution < -0.4 is 10.5 Å². The van der Waals surface area contributed by atoms with Crippen LogP contribution in [0.2, 0.25) is 0 Å². The molecule has 164 valence electrons.